The molecule has 0 bridgehead atoms. The van der Waals surface area contributed by atoms with Gasteiger partial charge >= 0.3 is 0 Å². The first-order valence-electron chi connectivity index (χ1n) is 3.90. The molecular weight excluding hydrogens is 172 g/mol. The zero-order valence-corrected chi connectivity index (χ0v) is 6.74. The summed E-state index contributed by atoms with van der Waals surface area (Å²) in [7, 11) is 0. The third kappa shape index (κ3) is 1.49. The van der Waals surface area contributed by atoms with E-state index in [-0.39, 0.29) is 5.56 Å². The van der Waals surface area contributed by atoms with Crippen molar-refractivity contribution >= 4 is 10.9 Å². The Morgan fingerprint density at radius 1 is 1.15 bits per heavy atom. The molecule has 0 saturated carbocycles. The van der Waals surface area contributed by atoms with Crippen LogP contribution in [0.4, 0.5) is 8.78 Å². The van der Waals surface area contributed by atoms with Crippen LogP contribution in [0.15, 0.2) is 36.5 Å². The van der Waals surface area contributed by atoms with E-state index in [1.165, 1.54) is 12.1 Å². The van der Waals surface area contributed by atoms with E-state index in [1.54, 1.807) is 18.3 Å². The van der Waals surface area contributed by atoms with Gasteiger partial charge in [-0.3, -0.25) is 4.98 Å². The maximum Gasteiger partial charge on any atom is 0.263 e. The van der Waals surface area contributed by atoms with Gasteiger partial charge in [-0.25, -0.2) is 8.78 Å². The van der Waals surface area contributed by atoms with E-state index < -0.39 is 6.43 Å². The summed E-state index contributed by atoms with van der Waals surface area (Å²) in [6, 6.07) is 8.13. The predicted octanol–water partition coefficient (Wildman–Crippen LogP) is 3.17. The first-order valence-corrected chi connectivity index (χ1v) is 3.90. The lowest BCUT2D eigenvalue weighted by Gasteiger charge is -2.00. The average molecular weight is 179 g/mol. The Bertz CT molecular complexity index is 426. The first-order chi connectivity index (χ1) is 6.27. The van der Waals surface area contributed by atoms with Crippen molar-refractivity contribution in [3.63, 3.8) is 0 Å². The van der Waals surface area contributed by atoms with Crippen LogP contribution >= 0.6 is 0 Å². The van der Waals surface area contributed by atoms with Crippen LogP contribution in [-0.2, 0) is 0 Å². The fourth-order valence-corrected chi connectivity index (χ4v) is 1.22. The molecule has 0 amide bonds. The summed E-state index contributed by atoms with van der Waals surface area (Å²) in [5.74, 6) is 0. The monoisotopic (exact) mass is 179 g/mol. The maximum absolute atomic E-state index is 12.3. The van der Waals surface area contributed by atoms with Crippen molar-refractivity contribution in [1.29, 1.82) is 0 Å². The lowest BCUT2D eigenvalue weighted by Crippen LogP contribution is -1.85. The molecule has 0 radical (unpaired) electrons. The Morgan fingerprint density at radius 3 is 2.77 bits per heavy atom. The van der Waals surface area contributed by atoms with Crippen LogP contribution in [-0.4, -0.2) is 4.98 Å². The predicted molar refractivity (Wildman–Crippen MR) is 46.7 cm³/mol. The first kappa shape index (κ1) is 8.10. The van der Waals surface area contributed by atoms with E-state index in [9.17, 15) is 8.78 Å². The largest absolute Gasteiger partial charge is 0.263 e. The average Bonchev–Trinajstić information content (AvgIpc) is 2.17. The van der Waals surface area contributed by atoms with Crippen molar-refractivity contribution in [1.82, 2.24) is 4.98 Å². The van der Waals surface area contributed by atoms with E-state index >= 15 is 0 Å². The molecule has 3 heteroatoms. The number of hydrogen-bond donors (Lipinski definition) is 0. The van der Waals surface area contributed by atoms with Crippen molar-refractivity contribution in [2.75, 3.05) is 0 Å². The van der Waals surface area contributed by atoms with Crippen LogP contribution in [0.1, 0.15) is 12.0 Å². The molecule has 0 saturated heterocycles. The molecule has 1 aromatic carbocycles. The van der Waals surface area contributed by atoms with Gasteiger partial charge in [0.05, 0.1) is 5.52 Å². The van der Waals surface area contributed by atoms with Gasteiger partial charge < -0.3 is 0 Å². The van der Waals surface area contributed by atoms with Crippen molar-refractivity contribution in [2.24, 2.45) is 0 Å². The zero-order chi connectivity index (χ0) is 9.26. The van der Waals surface area contributed by atoms with Gasteiger partial charge in [0, 0.05) is 17.1 Å². The molecule has 1 nitrogen and oxygen atoms in total. The molecule has 1 aromatic heterocycles. The molecule has 0 aliphatic heterocycles. The molecule has 0 aliphatic carbocycles. The Labute approximate surface area is 74.0 Å². The van der Waals surface area contributed by atoms with Crippen molar-refractivity contribution in [3.05, 3.63) is 42.1 Å². The number of halogens is 2. The van der Waals surface area contributed by atoms with Gasteiger partial charge in [0.25, 0.3) is 6.43 Å². The third-order valence-electron chi connectivity index (χ3n) is 1.88. The summed E-state index contributed by atoms with van der Waals surface area (Å²) in [6.07, 6.45) is -0.830. The smallest absolute Gasteiger partial charge is 0.256 e. The minimum absolute atomic E-state index is 0.0196. The fourth-order valence-electron chi connectivity index (χ4n) is 1.22. The molecule has 13 heavy (non-hydrogen) atoms. The van der Waals surface area contributed by atoms with Crippen molar-refractivity contribution < 1.29 is 8.78 Å². The fraction of sp³-hybridized carbons (Fsp3) is 0.100. The Kier molecular flexibility index (Phi) is 1.93. The van der Waals surface area contributed by atoms with Gasteiger partial charge in [-0.05, 0) is 12.1 Å². The molecule has 2 aromatic rings. The lowest BCUT2D eigenvalue weighted by atomic mass is 10.1. The summed E-state index contributed by atoms with van der Waals surface area (Å²) < 4.78 is 24.5. The minimum atomic E-state index is -2.42. The van der Waals surface area contributed by atoms with Crippen molar-refractivity contribution in [3.8, 4) is 0 Å². The molecule has 0 fully saturated rings. The van der Waals surface area contributed by atoms with Crippen LogP contribution in [0.3, 0.4) is 0 Å². The highest BCUT2D eigenvalue weighted by atomic mass is 19.3. The van der Waals surface area contributed by atoms with Crippen LogP contribution in [0.25, 0.3) is 10.9 Å². The van der Waals surface area contributed by atoms with Gasteiger partial charge in [-0.15, -0.1) is 0 Å². The molecule has 0 N–H and O–H groups in total. The zero-order valence-electron chi connectivity index (χ0n) is 6.74. The molecular formula is C10H7F2N. The molecule has 2 rings (SSSR count). The van der Waals surface area contributed by atoms with Crippen molar-refractivity contribution in [2.45, 2.75) is 6.43 Å². The molecule has 0 atom stereocenters. The second-order valence-electron chi connectivity index (χ2n) is 2.76. The van der Waals surface area contributed by atoms with Gasteiger partial charge in [0.1, 0.15) is 0 Å². The second kappa shape index (κ2) is 3.09. The number of aromatic nitrogens is 1. The number of hydrogen-bond acceptors (Lipinski definition) is 1. The van der Waals surface area contributed by atoms with Crippen LogP contribution in [0.5, 0.6) is 0 Å². The third-order valence-corrected chi connectivity index (χ3v) is 1.88. The number of alkyl halides is 2. The molecule has 0 aliphatic rings. The molecule has 66 valence electrons. The number of benzene rings is 1. The lowest BCUT2D eigenvalue weighted by molar-refractivity contribution is 0.151. The molecule has 1 heterocycles. The summed E-state index contributed by atoms with van der Waals surface area (Å²) in [6.45, 7) is 0. The topological polar surface area (TPSA) is 12.9 Å². The number of pyridine rings is 1. The number of nitrogens with zero attached hydrogens (tertiary/aromatic N) is 1. The van der Waals surface area contributed by atoms with Gasteiger partial charge in [-0.1, -0.05) is 18.2 Å². The Morgan fingerprint density at radius 2 is 2.00 bits per heavy atom. The minimum Gasteiger partial charge on any atom is -0.256 e. The van der Waals surface area contributed by atoms with E-state index in [0.29, 0.717) is 5.52 Å². The van der Waals surface area contributed by atoms with E-state index in [1.807, 2.05) is 6.07 Å². The molecule has 0 spiro atoms. The summed E-state index contributed by atoms with van der Waals surface area (Å²) in [5, 5.41) is 0.881. The second-order valence-corrected chi connectivity index (χ2v) is 2.76. The quantitative estimate of drug-likeness (QED) is 0.655. The van der Waals surface area contributed by atoms with E-state index in [2.05, 4.69) is 4.98 Å². The van der Waals surface area contributed by atoms with Crippen LogP contribution in [0.2, 0.25) is 0 Å². The van der Waals surface area contributed by atoms with E-state index in [4.69, 9.17) is 0 Å². The highest BCUT2D eigenvalue weighted by Crippen LogP contribution is 2.22. The SMILES string of the molecule is FC(F)c1ccc2cccnc2c1. The van der Waals surface area contributed by atoms with Crippen LogP contribution in [0, 0.1) is 0 Å². The summed E-state index contributed by atoms with van der Waals surface area (Å²) >= 11 is 0. The summed E-state index contributed by atoms with van der Waals surface area (Å²) in [5.41, 5.74) is 0.631. The van der Waals surface area contributed by atoms with Crippen LogP contribution < -0.4 is 0 Å². The highest BCUT2D eigenvalue weighted by Gasteiger charge is 2.06. The highest BCUT2D eigenvalue weighted by molar-refractivity contribution is 5.78. The van der Waals surface area contributed by atoms with Gasteiger partial charge in [-0.2, -0.15) is 0 Å². The molecule has 0 unspecified atom stereocenters. The van der Waals surface area contributed by atoms with E-state index in [0.717, 1.165) is 5.39 Å². The standard InChI is InChI=1S/C10H7F2N/c11-10(12)8-4-3-7-2-1-5-13-9(7)6-8/h1-6,10H. The Hall–Kier alpha value is -1.51. The maximum atomic E-state index is 12.3. The number of rotatable bonds is 1. The van der Waals surface area contributed by atoms with Gasteiger partial charge in [0.15, 0.2) is 0 Å². The summed E-state index contributed by atoms with van der Waals surface area (Å²) in [4.78, 5) is 3.99. The van der Waals surface area contributed by atoms with Gasteiger partial charge in [0.2, 0.25) is 0 Å². The Balaban J connectivity index is 2.62. The normalized spacial score (nSPS) is 11.0. The number of fused-ring (bicyclic) bond motifs is 1.